The molecule has 102 valence electrons. The van der Waals surface area contributed by atoms with Gasteiger partial charge in [-0.1, -0.05) is 51.9 Å². The molecule has 0 aliphatic heterocycles. The molecule has 1 aromatic rings. The number of ether oxygens (including phenoxy) is 1. The van der Waals surface area contributed by atoms with Crippen LogP contribution in [0.25, 0.3) is 0 Å². The average molecular weight is 252 g/mol. The van der Waals surface area contributed by atoms with E-state index in [9.17, 15) is 4.79 Å². The molecule has 0 N–H and O–H groups in total. The third kappa shape index (κ3) is 6.48. The highest BCUT2D eigenvalue weighted by atomic mass is 16.5. The van der Waals surface area contributed by atoms with Crippen LogP contribution in [0, 0.1) is 0 Å². The van der Waals surface area contributed by atoms with Gasteiger partial charge in [0.15, 0.2) is 0 Å². The molecule has 18 heavy (non-hydrogen) atoms. The van der Waals surface area contributed by atoms with E-state index in [4.69, 9.17) is 9.15 Å². The van der Waals surface area contributed by atoms with E-state index in [1.165, 1.54) is 51.1 Å². The monoisotopic (exact) mass is 252 g/mol. The second-order valence-corrected chi connectivity index (χ2v) is 4.62. The van der Waals surface area contributed by atoms with Crippen molar-refractivity contribution in [3.05, 3.63) is 24.2 Å². The predicted octanol–water partition coefficient (Wildman–Crippen LogP) is 4.58. The molecule has 3 heteroatoms. The summed E-state index contributed by atoms with van der Waals surface area (Å²) in [5, 5.41) is 0. The van der Waals surface area contributed by atoms with E-state index in [1.807, 2.05) is 0 Å². The third-order valence-corrected chi connectivity index (χ3v) is 2.99. The van der Waals surface area contributed by atoms with Crippen LogP contribution in [0.15, 0.2) is 23.0 Å². The number of unbranched alkanes of at least 4 members (excludes halogenated alkanes) is 7. The predicted molar refractivity (Wildman–Crippen MR) is 71.6 cm³/mol. The molecule has 1 rings (SSSR count). The van der Waals surface area contributed by atoms with Gasteiger partial charge >= 0.3 is 5.97 Å². The summed E-state index contributed by atoms with van der Waals surface area (Å²) >= 11 is 0. The van der Waals surface area contributed by atoms with Gasteiger partial charge in [-0.15, -0.1) is 0 Å². The lowest BCUT2D eigenvalue weighted by molar-refractivity contribution is 0.0497. The van der Waals surface area contributed by atoms with Gasteiger partial charge in [-0.2, -0.15) is 0 Å². The highest BCUT2D eigenvalue weighted by Crippen LogP contribution is 2.09. The smallest absolute Gasteiger partial charge is 0.341 e. The molecule has 1 heterocycles. The van der Waals surface area contributed by atoms with Gasteiger partial charge in [-0.3, -0.25) is 0 Å². The number of rotatable bonds is 10. The van der Waals surface area contributed by atoms with Crippen LogP contribution in [0.2, 0.25) is 0 Å². The van der Waals surface area contributed by atoms with Crippen molar-refractivity contribution in [2.24, 2.45) is 0 Å². The SMILES string of the molecule is CCCCCCCCCCOC(=O)c1ccoc1. The standard InChI is InChI=1S/C15H24O3/c1-2-3-4-5-6-7-8-9-11-18-15(16)14-10-12-17-13-14/h10,12-13H,2-9,11H2,1H3. The number of esters is 1. The van der Waals surface area contributed by atoms with Gasteiger partial charge in [-0.05, 0) is 12.5 Å². The molecule has 0 aliphatic rings. The molecular formula is C15H24O3. The maximum atomic E-state index is 11.4. The summed E-state index contributed by atoms with van der Waals surface area (Å²) in [5.74, 6) is -0.285. The van der Waals surface area contributed by atoms with Crippen LogP contribution in [0.5, 0.6) is 0 Å². The van der Waals surface area contributed by atoms with E-state index < -0.39 is 0 Å². The molecule has 1 aromatic heterocycles. The lowest BCUT2D eigenvalue weighted by Gasteiger charge is -2.03. The summed E-state index contributed by atoms with van der Waals surface area (Å²) in [5.41, 5.74) is 0.495. The van der Waals surface area contributed by atoms with E-state index in [2.05, 4.69) is 6.92 Å². The molecule has 0 bridgehead atoms. The van der Waals surface area contributed by atoms with Gasteiger partial charge in [-0.25, -0.2) is 4.79 Å². The summed E-state index contributed by atoms with van der Waals surface area (Å²) in [6.45, 7) is 2.74. The molecule has 0 spiro atoms. The fraction of sp³-hybridized carbons (Fsp3) is 0.667. The van der Waals surface area contributed by atoms with Crippen molar-refractivity contribution in [1.29, 1.82) is 0 Å². The summed E-state index contributed by atoms with van der Waals surface area (Å²) < 4.78 is 9.96. The van der Waals surface area contributed by atoms with Crippen molar-refractivity contribution < 1.29 is 13.9 Å². The molecule has 0 aromatic carbocycles. The largest absolute Gasteiger partial charge is 0.472 e. The van der Waals surface area contributed by atoms with Crippen molar-refractivity contribution in [2.75, 3.05) is 6.61 Å². The molecule has 0 amide bonds. The Bertz CT molecular complexity index is 304. The van der Waals surface area contributed by atoms with Gasteiger partial charge in [0, 0.05) is 0 Å². The lowest BCUT2D eigenvalue weighted by atomic mass is 10.1. The Hall–Kier alpha value is -1.25. The van der Waals surface area contributed by atoms with Crippen molar-refractivity contribution >= 4 is 5.97 Å². The fourth-order valence-corrected chi connectivity index (χ4v) is 1.86. The minimum Gasteiger partial charge on any atom is -0.472 e. The minimum atomic E-state index is -0.285. The summed E-state index contributed by atoms with van der Waals surface area (Å²) in [4.78, 5) is 11.4. The molecular weight excluding hydrogens is 228 g/mol. The number of hydrogen-bond donors (Lipinski definition) is 0. The molecule has 0 saturated carbocycles. The van der Waals surface area contributed by atoms with Crippen LogP contribution >= 0.6 is 0 Å². The molecule has 0 fully saturated rings. The van der Waals surface area contributed by atoms with Crippen molar-refractivity contribution in [1.82, 2.24) is 0 Å². The van der Waals surface area contributed by atoms with Crippen molar-refractivity contribution in [3.63, 3.8) is 0 Å². The average Bonchev–Trinajstić information content (AvgIpc) is 2.90. The highest BCUT2D eigenvalue weighted by molar-refractivity contribution is 5.88. The molecule has 0 unspecified atom stereocenters. The molecule has 0 aliphatic carbocycles. The first kappa shape index (κ1) is 14.8. The number of hydrogen-bond acceptors (Lipinski definition) is 3. The van der Waals surface area contributed by atoms with Crippen LogP contribution in [-0.4, -0.2) is 12.6 Å². The summed E-state index contributed by atoms with van der Waals surface area (Å²) in [7, 11) is 0. The Morgan fingerprint density at radius 2 is 1.78 bits per heavy atom. The normalized spacial score (nSPS) is 10.5. The zero-order chi connectivity index (χ0) is 13.1. The first-order valence-electron chi connectivity index (χ1n) is 7.04. The van der Waals surface area contributed by atoms with Crippen LogP contribution in [0.1, 0.15) is 68.6 Å². The molecule has 3 nitrogen and oxygen atoms in total. The quantitative estimate of drug-likeness (QED) is 0.452. The van der Waals surface area contributed by atoms with Crippen LogP contribution < -0.4 is 0 Å². The molecule has 0 radical (unpaired) electrons. The van der Waals surface area contributed by atoms with Gasteiger partial charge in [0.05, 0.1) is 18.4 Å². The van der Waals surface area contributed by atoms with E-state index >= 15 is 0 Å². The van der Waals surface area contributed by atoms with Crippen molar-refractivity contribution in [2.45, 2.75) is 58.3 Å². The topological polar surface area (TPSA) is 39.4 Å². The Labute approximate surface area is 110 Å². The summed E-state index contributed by atoms with van der Waals surface area (Å²) in [6.07, 6.45) is 12.9. The maximum Gasteiger partial charge on any atom is 0.341 e. The Balaban J connectivity index is 1.88. The first-order chi connectivity index (χ1) is 8.84. The minimum absolute atomic E-state index is 0.285. The van der Waals surface area contributed by atoms with Crippen molar-refractivity contribution in [3.8, 4) is 0 Å². The van der Waals surface area contributed by atoms with Gasteiger partial charge in [0.1, 0.15) is 6.26 Å². The molecule has 0 atom stereocenters. The first-order valence-corrected chi connectivity index (χ1v) is 7.04. The zero-order valence-corrected chi connectivity index (χ0v) is 11.3. The Morgan fingerprint density at radius 3 is 2.39 bits per heavy atom. The van der Waals surface area contributed by atoms with E-state index in [-0.39, 0.29) is 5.97 Å². The van der Waals surface area contributed by atoms with Crippen LogP contribution in [-0.2, 0) is 4.74 Å². The third-order valence-electron chi connectivity index (χ3n) is 2.99. The number of furan rings is 1. The fourth-order valence-electron chi connectivity index (χ4n) is 1.86. The number of carbonyl (C=O) groups excluding carboxylic acids is 1. The van der Waals surface area contributed by atoms with Crippen LogP contribution in [0.4, 0.5) is 0 Å². The number of carbonyl (C=O) groups is 1. The van der Waals surface area contributed by atoms with E-state index in [0.717, 1.165) is 12.8 Å². The van der Waals surface area contributed by atoms with E-state index in [1.54, 1.807) is 6.07 Å². The van der Waals surface area contributed by atoms with Gasteiger partial charge in [0.2, 0.25) is 0 Å². The Morgan fingerprint density at radius 1 is 1.11 bits per heavy atom. The zero-order valence-electron chi connectivity index (χ0n) is 11.3. The lowest BCUT2D eigenvalue weighted by Crippen LogP contribution is -2.05. The van der Waals surface area contributed by atoms with Gasteiger partial charge in [0.25, 0.3) is 0 Å². The second-order valence-electron chi connectivity index (χ2n) is 4.62. The maximum absolute atomic E-state index is 11.4. The molecule has 0 saturated heterocycles. The van der Waals surface area contributed by atoms with E-state index in [0.29, 0.717) is 12.2 Å². The second kappa shape index (κ2) is 9.75. The van der Waals surface area contributed by atoms with Gasteiger partial charge < -0.3 is 9.15 Å². The van der Waals surface area contributed by atoms with Crippen LogP contribution in [0.3, 0.4) is 0 Å². The summed E-state index contributed by atoms with van der Waals surface area (Å²) in [6, 6.07) is 1.62. The Kier molecular flexibility index (Phi) is 8.02. The highest BCUT2D eigenvalue weighted by Gasteiger charge is 2.07.